The average Bonchev–Trinajstić information content (AvgIpc) is 3.33. The second kappa shape index (κ2) is 10.2. The van der Waals surface area contributed by atoms with Crippen LogP contribution in [-0.2, 0) is 22.3 Å². The molecule has 1 aromatic heterocycles. The van der Waals surface area contributed by atoms with Crippen LogP contribution in [-0.4, -0.2) is 35.6 Å². The van der Waals surface area contributed by atoms with E-state index in [4.69, 9.17) is 10.5 Å². The Balaban J connectivity index is 1.38. The van der Waals surface area contributed by atoms with Gasteiger partial charge in [-0.1, -0.05) is 24.3 Å². The first-order valence-corrected chi connectivity index (χ1v) is 11.1. The molecule has 1 fully saturated rings. The minimum absolute atomic E-state index is 0.0223. The number of benzene rings is 2. The highest BCUT2D eigenvalue weighted by atomic mass is 19.4. The summed E-state index contributed by atoms with van der Waals surface area (Å²) in [5.41, 5.74) is 4.95. The number of ether oxygens (including phenoxy) is 1. The molecular weight excluding hydrogens is 475 g/mol. The Morgan fingerprint density at radius 2 is 1.81 bits per heavy atom. The normalized spacial score (nSPS) is 17.4. The van der Waals surface area contributed by atoms with Crippen molar-refractivity contribution in [3.8, 4) is 0 Å². The summed E-state index contributed by atoms with van der Waals surface area (Å²) in [5.74, 6) is -0.607. The van der Waals surface area contributed by atoms with E-state index in [2.05, 4.69) is 20.9 Å². The summed E-state index contributed by atoms with van der Waals surface area (Å²) < 4.78 is 45.1. The molecule has 5 N–H and O–H groups in total. The first-order valence-electron chi connectivity index (χ1n) is 11.1. The van der Waals surface area contributed by atoms with Crippen molar-refractivity contribution >= 4 is 29.0 Å². The molecule has 0 aliphatic carbocycles. The predicted octanol–water partition coefficient (Wildman–Crippen LogP) is 3.63. The van der Waals surface area contributed by atoms with Crippen LogP contribution < -0.4 is 21.7 Å². The van der Waals surface area contributed by atoms with Gasteiger partial charge in [-0.05, 0) is 42.0 Å². The van der Waals surface area contributed by atoms with Crippen LogP contribution in [0.25, 0.3) is 0 Å². The quantitative estimate of drug-likeness (QED) is 0.394. The zero-order chi connectivity index (χ0) is 25.8. The van der Waals surface area contributed by atoms with Gasteiger partial charge in [-0.2, -0.15) is 13.2 Å². The SMILES string of the molecule is Nc1ccc(C(=O)N[C@@]2(C(=O)NCc3ccc(Nc4ccccc4C(F)(F)F)cc3)CCOC2)cn1. The molecule has 1 aliphatic heterocycles. The van der Waals surface area contributed by atoms with Gasteiger partial charge >= 0.3 is 6.18 Å². The molecule has 2 heterocycles. The van der Waals surface area contributed by atoms with Gasteiger partial charge in [0.2, 0.25) is 5.91 Å². The van der Waals surface area contributed by atoms with Crippen molar-refractivity contribution in [3.63, 3.8) is 0 Å². The third kappa shape index (κ3) is 5.74. The Labute approximate surface area is 205 Å². The highest BCUT2D eigenvalue weighted by Gasteiger charge is 2.43. The van der Waals surface area contributed by atoms with Crippen LogP contribution in [0.2, 0.25) is 0 Å². The number of anilines is 3. The number of nitrogens with zero attached hydrogens (tertiary/aromatic N) is 1. The molecule has 8 nitrogen and oxygen atoms in total. The van der Waals surface area contributed by atoms with Gasteiger partial charge in [-0.3, -0.25) is 9.59 Å². The molecular formula is C25H24F3N5O3. The Hall–Kier alpha value is -4.12. The van der Waals surface area contributed by atoms with Crippen LogP contribution in [0.3, 0.4) is 0 Å². The largest absolute Gasteiger partial charge is 0.418 e. The maximum atomic E-state index is 13.2. The highest BCUT2D eigenvalue weighted by Crippen LogP contribution is 2.35. The number of nitrogen functional groups attached to an aromatic ring is 1. The van der Waals surface area contributed by atoms with Gasteiger partial charge in [0, 0.05) is 31.5 Å². The second-order valence-corrected chi connectivity index (χ2v) is 8.36. The summed E-state index contributed by atoms with van der Waals surface area (Å²) in [7, 11) is 0. The van der Waals surface area contributed by atoms with Crippen LogP contribution in [0.5, 0.6) is 0 Å². The number of nitrogens with one attached hydrogen (secondary N) is 3. The number of carbonyl (C=O) groups is 2. The number of rotatable bonds is 7. The topological polar surface area (TPSA) is 118 Å². The Kier molecular flexibility index (Phi) is 7.11. The maximum Gasteiger partial charge on any atom is 0.418 e. The van der Waals surface area contributed by atoms with Gasteiger partial charge in [-0.15, -0.1) is 0 Å². The number of carbonyl (C=O) groups excluding carboxylic acids is 2. The monoisotopic (exact) mass is 499 g/mol. The summed E-state index contributed by atoms with van der Waals surface area (Å²) in [6.07, 6.45) is -2.85. The first-order chi connectivity index (χ1) is 17.2. The van der Waals surface area contributed by atoms with E-state index in [9.17, 15) is 22.8 Å². The number of amides is 2. The van der Waals surface area contributed by atoms with Gasteiger partial charge < -0.3 is 26.4 Å². The van der Waals surface area contributed by atoms with Crippen LogP contribution in [0.4, 0.5) is 30.4 Å². The van der Waals surface area contributed by atoms with E-state index in [0.717, 1.165) is 11.6 Å². The van der Waals surface area contributed by atoms with Crippen molar-refractivity contribution in [1.82, 2.24) is 15.6 Å². The lowest BCUT2D eigenvalue weighted by molar-refractivity contribution is -0.137. The molecule has 0 spiro atoms. The summed E-state index contributed by atoms with van der Waals surface area (Å²) in [5, 5.41) is 8.34. The first kappa shape index (κ1) is 25.0. The van der Waals surface area contributed by atoms with Crippen molar-refractivity contribution < 1.29 is 27.5 Å². The third-order valence-corrected chi connectivity index (χ3v) is 5.78. The lowest BCUT2D eigenvalue weighted by Crippen LogP contribution is -2.59. The van der Waals surface area contributed by atoms with Crippen molar-refractivity contribution in [2.24, 2.45) is 0 Å². The average molecular weight is 499 g/mol. The molecule has 4 rings (SSSR count). The smallest absolute Gasteiger partial charge is 0.384 e. The second-order valence-electron chi connectivity index (χ2n) is 8.36. The van der Waals surface area contributed by atoms with Gasteiger partial charge in [0.25, 0.3) is 5.91 Å². The number of halogens is 3. The molecule has 0 saturated carbocycles. The van der Waals surface area contributed by atoms with E-state index in [1.165, 1.54) is 36.5 Å². The molecule has 0 radical (unpaired) electrons. The van der Waals surface area contributed by atoms with E-state index in [0.29, 0.717) is 18.7 Å². The van der Waals surface area contributed by atoms with Crippen LogP contribution in [0.1, 0.15) is 27.9 Å². The molecule has 2 aromatic carbocycles. The number of para-hydroxylation sites is 1. The Morgan fingerprint density at radius 3 is 2.44 bits per heavy atom. The van der Waals surface area contributed by atoms with Gasteiger partial charge in [0.15, 0.2) is 0 Å². The van der Waals surface area contributed by atoms with E-state index in [1.54, 1.807) is 24.3 Å². The van der Waals surface area contributed by atoms with Gasteiger partial charge in [0.05, 0.1) is 23.4 Å². The fourth-order valence-corrected chi connectivity index (χ4v) is 3.78. The van der Waals surface area contributed by atoms with Crippen molar-refractivity contribution in [2.75, 3.05) is 24.3 Å². The minimum Gasteiger partial charge on any atom is -0.384 e. The summed E-state index contributed by atoms with van der Waals surface area (Å²) in [6, 6.07) is 14.9. The van der Waals surface area contributed by atoms with Crippen molar-refractivity contribution in [1.29, 1.82) is 0 Å². The maximum absolute atomic E-state index is 13.2. The highest BCUT2D eigenvalue weighted by molar-refractivity contribution is 5.99. The summed E-state index contributed by atoms with van der Waals surface area (Å²) in [6.45, 7) is 0.487. The van der Waals surface area contributed by atoms with Gasteiger partial charge in [-0.25, -0.2) is 4.98 Å². The molecule has 36 heavy (non-hydrogen) atoms. The zero-order valence-corrected chi connectivity index (χ0v) is 19.1. The number of pyridine rings is 1. The number of aromatic nitrogens is 1. The summed E-state index contributed by atoms with van der Waals surface area (Å²) in [4.78, 5) is 29.6. The van der Waals surface area contributed by atoms with Crippen molar-refractivity contribution in [2.45, 2.75) is 24.7 Å². The fourth-order valence-electron chi connectivity index (χ4n) is 3.78. The molecule has 2 amide bonds. The van der Waals surface area contributed by atoms with E-state index < -0.39 is 29.1 Å². The van der Waals surface area contributed by atoms with Crippen LogP contribution in [0.15, 0.2) is 66.9 Å². The summed E-state index contributed by atoms with van der Waals surface area (Å²) >= 11 is 0. The molecule has 1 saturated heterocycles. The lowest BCUT2D eigenvalue weighted by Gasteiger charge is -2.27. The van der Waals surface area contributed by atoms with Crippen LogP contribution in [0, 0.1) is 0 Å². The van der Waals surface area contributed by atoms with E-state index in [-0.39, 0.29) is 30.2 Å². The lowest BCUT2D eigenvalue weighted by atomic mass is 9.96. The number of hydrogen-bond acceptors (Lipinski definition) is 6. The molecule has 3 aromatic rings. The molecule has 11 heteroatoms. The Morgan fingerprint density at radius 1 is 1.06 bits per heavy atom. The zero-order valence-electron chi connectivity index (χ0n) is 19.1. The molecule has 0 unspecified atom stereocenters. The molecule has 1 aliphatic rings. The van der Waals surface area contributed by atoms with E-state index >= 15 is 0 Å². The Bertz CT molecular complexity index is 1220. The molecule has 0 bridgehead atoms. The minimum atomic E-state index is -4.48. The third-order valence-electron chi connectivity index (χ3n) is 5.78. The number of alkyl halides is 3. The molecule has 188 valence electrons. The molecule has 1 atom stereocenters. The van der Waals surface area contributed by atoms with Crippen molar-refractivity contribution in [3.05, 3.63) is 83.6 Å². The fraction of sp³-hybridized carbons (Fsp3) is 0.240. The number of hydrogen-bond donors (Lipinski definition) is 4. The van der Waals surface area contributed by atoms with Crippen LogP contribution >= 0.6 is 0 Å². The van der Waals surface area contributed by atoms with E-state index in [1.807, 2.05) is 0 Å². The number of nitrogens with two attached hydrogens (primary N) is 1. The predicted molar refractivity (Wildman–Crippen MR) is 127 cm³/mol. The van der Waals surface area contributed by atoms with Gasteiger partial charge in [0.1, 0.15) is 11.4 Å². The standard InChI is InChI=1S/C25H24F3N5O3/c26-25(27,28)19-3-1-2-4-20(19)32-18-8-5-16(6-9-18)13-31-23(35)24(11-12-36-15-24)33-22(34)17-7-10-21(29)30-14-17/h1-10,14,32H,11-13,15H2,(H2,29,30)(H,31,35)(H,33,34)/t24-/m0/s1.